The summed E-state index contributed by atoms with van der Waals surface area (Å²) in [5.74, 6) is 0.345. The van der Waals surface area contributed by atoms with Crippen LogP contribution >= 0.6 is 11.8 Å². The number of para-hydroxylation sites is 1. The average Bonchev–Trinajstić information content (AvgIpc) is 3.16. The summed E-state index contributed by atoms with van der Waals surface area (Å²) in [6.45, 7) is -2.67. The van der Waals surface area contributed by atoms with Crippen molar-refractivity contribution < 1.29 is 8.78 Å². The number of rotatable bonds is 5. The quantitative estimate of drug-likeness (QED) is 0.387. The number of fused-ring (bicyclic) bond motifs is 1. The zero-order valence-electron chi connectivity index (χ0n) is 13.9. The zero-order valence-corrected chi connectivity index (χ0v) is 14.7. The molecule has 136 valence electrons. The molecule has 0 spiro atoms. The monoisotopic (exact) mass is 385 g/mol. The lowest BCUT2D eigenvalue weighted by molar-refractivity contribution is 0.0678. The van der Waals surface area contributed by atoms with Crippen LogP contribution in [-0.2, 0) is 5.75 Å². The van der Waals surface area contributed by atoms with Crippen LogP contribution < -0.4 is 5.56 Å². The highest BCUT2D eigenvalue weighted by molar-refractivity contribution is 7.98. The van der Waals surface area contributed by atoms with Crippen molar-refractivity contribution in [1.82, 2.24) is 24.1 Å². The molecule has 9 heteroatoms. The smallest absolute Gasteiger partial charge is 0.277 e. The molecule has 0 saturated heterocycles. The Morgan fingerprint density at radius 2 is 1.96 bits per heavy atom. The van der Waals surface area contributed by atoms with E-state index in [9.17, 15) is 13.6 Å². The fourth-order valence-electron chi connectivity index (χ4n) is 2.69. The molecule has 0 N–H and O–H groups in total. The maximum Gasteiger partial charge on any atom is 0.319 e. The molecule has 0 aliphatic rings. The molecule has 0 amide bonds. The molecule has 6 nitrogen and oxygen atoms in total. The van der Waals surface area contributed by atoms with Crippen molar-refractivity contribution in [2.75, 3.05) is 0 Å². The Bertz CT molecular complexity index is 1140. The van der Waals surface area contributed by atoms with E-state index in [1.54, 1.807) is 48.8 Å². The van der Waals surface area contributed by atoms with Crippen molar-refractivity contribution in [3.8, 4) is 5.69 Å². The first-order chi connectivity index (χ1) is 13.1. The average molecular weight is 385 g/mol. The predicted octanol–water partition coefficient (Wildman–Crippen LogP) is 3.66. The van der Waals surface area contributed by atoms with Crippen LogP contribution in [0.15, 0.2) is 71.1 Å². The fraction of sp³-hybridized carbons (Fsp3) is 0.111. The van der Waals surface area contributed by atoms with Crippen molar-refractivity contribution in [2.45, 2.75) is 17.5 Å². The third-order valence-corrected chi connectivity index (χ3v) is 4.87. The molecule has 4 rings (SSSR count). The first-order valence-corrected chi connectivity index (χ1v) is 8.98. The number of imidazole rings is 1. The van der Waals surface area contributed by atoms with E-state index in [0.717, 1.165) is 4.57 Å². The molecular weight excluding hydrogens is 372 g/mol. The Morgan fingerprint density at radius 1 is 1.11 bits per heavy atom. The van der Waals surface area contributed by atoms with E-state index in [2.05, 4.69) is 15.0 Å². The molecule has 0 unspecified atom stereocenters. The van der Waals surface area contributed by atoms with Gasteiger partial charge >= 0.3 is 6.55 Å². The number of alkyl halides is 2. The number of nitrogens with zero attached hydrogens (tertiary/aromatic N) is 5. The van der Waals surface area contributed by atoms with Gasteiger partial charge in [-0.1, -0.05) is 23.9 Å². The van der Waals surface area contributed by atoms with Gasteiger partial charge < -0.3 is 0 Å². The number of pyridine rings is 1. The summed E-state index contributed by atoms with van der Waals surface area (Å²) >= 11 is 1.17. The van der Waals surface area contributed by atoms with Gasteiger partial charge in [0, 0.05) is 18.6 Å². The van der Waals surface area contributed by atoms with Crippen LogP contribution in [0, 0.1) is 0 Å². The van der Waals surface area contributed by atoms with Gasteiger partial charge in [-0.05, 0) is 24.3 Å². The van der Waals surface area contributed by atoms with Crippen molar-refractivity contribution in [2.24, 2.45) is 0 Å². The highest BCUT2D eigenvalue weighted by atomic mass is 32.2. The van der Waals surface area contributed by atoms with E-state index in [-0.39, 0.29) is 17.1 Å². The van der Waals surface area contributed by atoms with Gasteiger partial charge in [-0.3, -0.25) is 18.9 Å². The van der Waals surface area contributed by atoms with Crippen molar-refractivity contribution in [3.63, 3.8) is 0 Å². The first-order valence-electron chi connectivity index (χ1n) is 8.00. The zero-order chi connectivity index (χ0) is 18.8. The van der Waals surface area contributed by atoms with Gasteiger partial charge in [-0.15, -0.1) is 0 Å². The second-order valence-electron chi connectivity index (χ2n) is 5.58. The molecule has 0 radical (unpaired) electrons. The number of hydrogen-bond donors (Lipinski definition) is 0. The molecule has 27 heavy (non-hydrogen) atoms. The summed E-state index contributed by atoms with van der Waals surface area (Å²) in [7, 11) is 0. The van der Waals surface area contributed by atoms with Crippen LogP contribution in [0.3, 0.4) is 0 Å². The number of benzene rings is 1. The van der Waals surface area contributed by atoms with Crippen LogP contribution in [0.1, 0.15) is 12.4 Å². The second-order valence-corrected chi connectivity index (χ2v) is 6.52. The molecule has 0 aliphatic heterocycles. The van der Waals surface area contributed by atoms with E-state index < -0.39 is 6.55 Å². The molecule has 0 fully saturated rings. The lowest BCUT2D eigenvalue weighted by atomic mass is 10.2. The van der Waals surface area contributed by atoms with E-state index in [1.807, 2.05) is 0 Å². The van der Waals surface area contributed by atoms with Crippen molar-refractivity contribution in [3.05, 3.63) is 77.4 Å². The minimum Gasteiger partial charge on any atom is -0.277 e. The summed E-state index contributed by atoms with van der Waals surface area (Å²) in [5, 5.41) is 0.857. The Hall–Kier alpha value is -3.07. The Labute approximate surface area is 156 Å². The number of thioether (sulfide) groups is 1. The van der Waals surface area contributed by atoms with E-state index in [0.29, 0.717) is 21.7 Å². The van der Waals surface area contributed by atoms with Crippen LogP contribution in [0.5, 0.6) is 0 Å². The molecule has 1 aromatic carbocycles. The third kappa shape index (κ3) is 3.33. The van der Waals surface area contributed by atoms with Gasteiger partial charge in [0.25, 0.3) is 5.56 Å². The van der Waals surface area contributed by atoms with Crippen LogP contribution in [0.25, 0.3) is 16.6 Å². The summed E-state index contributed by atoms with van der Waals surface area (Å²) in [6, 6.07) is 10.5. The van der Waals surface area contributed by atoms with E-state index >= 15 is 0 Å². The molecule has 3 heterocycles. The van der Waals surface area contributed by atoms with Gasteiger partial charge in [0.1, 0.15) is 5.82 Å². The summed E-state index contributed by atoms with van der Waals surface area (Å²) < 4.78 is 28.3. The van der Waals surface area contributed by atoms with Crippen molar-refractivity contribution >= 4 is 22.7 Å². The van der Waals surface area contributed by atoms with Crippen molar-refractivity contribution in [1.29, 1.82) is 0 Å². The first kappa shape index (κ1) is 17.3. The van der Waals surface area contributed by atoms with Crippen LogP contribution in [0.2, 0.25) is 0 Å². The molecule has 0 aliphatic carbocycles. The summed E-state index contributed by atoms with van der Waals surface area (Å²) in [4.78, 5) is 25.6. The lowest BCUT2D eigenvalue weighted by Crippen LogP contribution is -2.22. The lowest BCUT2D eigenvalue weighted by Gasteiger charge is -2.13. The molecule has 4 aromatic rings. The molecule has 3 aromatic heterocycles. The minimum atomic E-state index is -2.67. The van der Waals surface area contributed by atoms with E-state index in [1.165, 1.54) is 28.7 Å². The highest BCUT2D eigenvalue weighted by Crippen LogP contribution is 2.25. The standard InChI is InChI=1S/C18H13F2N5OS/c19-17(20)24-9-8-22-15(24)11-27-18-23-14-6-2-1-5-13(14)16(26)25(18)12-4-3-7-21-10-12/h1-10,17H,11H2. The number of halogens is 2. The third-order valence-electron chi connectivity index (χ3n) is 3.94. The Morgan fingerprint density at radius 3 is 2.74 bits per heavy atom. The van der Waals surface area contributed by atoms with Crippen LogP contribution in [0.4, 0.5) is 8.78 Å². The topological polar surface area (TPSA) is 65.6 Å². The molecule has 0 bridgehead atoms. The maximum absolute atomic E-state index is 13.0. The molecule has 0 atom stereocenters. The second kappa shape index (κ2) is 7.28. The maximum atomic E-state index is 13.0. The van der Waals surface area contributed by atoms with Gasteiger partial charge in [-0.2, -0.15) is 8.78 Å². The predicted molar refractivity (Wildman–Crippen MR) is 98.2 cm³/mol. The highest BCUT2D eigenvalue weighted by Gasteiger charge is 2.16. The van der Waals surface area contributed by atoms with E-state index in [4.69, 9.17) is 0 Å². The normalized spacial score (nSPS) is 11.4. The SMILES string of the molecule is O=c1c2ccccc2nc(SCc2nccn2C(F)F)n1-c1cccnc1. The number of hydrogen-bond acceptors (Lipinski definition) is 5. The summed E-state index contributed by atoms with van der Waals surface area (Å²) in [5.41, 5.74) is 0.857. The molecule has 0 saturated carbocycles. The number of aromatic nitrogens is 5. The largest absolute Gasteiger partial charge is 0.319 e. The Balaban J connectivity index is 1.81. The fourth-order valence-corrected chi connectivity index (χ4v) is 3.65. The van der Waals surface area contributed by atoms with Gasteiger partial charge in [0.2, 0.25) is 0 Å². The minimum absolute atomic E-state index is 0.141. The van der Waals surface area contributed by atoms with Crippen LogP contribution in [-0.4, -0.2) is 24.1 Å². The molecular formula is C18H13F2N5OS. The van der Waals surface area contributed by atoms with Gasteiger partial charge in [-0.25, -0.2) is 9.97 Å². The Kier molecular flexibility index (Phi) is 4.68. The summed E-state index contributed by atoms with van der Waals surface area (Å²) in [6.07, 6.45) is 5.71. The van der Waals surface area contributed by atoms with Gasteiger partial charge in [0.15, 0.2) is 5.16 Å². The van der Waals surface area contributed by atoms with Gasteiger partial charge in [0.05, 0.1) is 28.5 Å².